The lowest BCUT2D eigenvalue weighted by Crippen LogP contribution is -2.44. The Hall–Kier alpha value is -1.99. The molecule has 1 atom stereocenters. The van der Waals surface area contributed by atoms with Crippen molar-refractivity contribution in [1.82, 2.24) is 10.6 Å². The zero-order valence-electron chi connectivity index (χ0n) is 15.3. The van der Waals surface area contributed by atoms with E-state index in [9.17, 15) is 19.8 Å². The predicted octanol–water partition coefficient (Wildman–Crippen LogP) is 2.94. The Labute approximate surface area is 158 Å². The van der Waals surface area contributed by atoms with Crippen molar-refractivity contribution >= 4 is 23.7 Å². The van der Waals surface area contributed by atoms with E-state index in [0.29, 0.717) is 24.5 Å². The topological polar surface area (TPSA) is 108 Å². The fourth-order valence-corrected chi connectivity index (χ4v) is 2.43. The smallest absolute Gasteiger partial charge is 0.408 e. The molecular weight excluding hydrogens is 360 g/mol. The number of halogens is 1. The number of phenolic OH excluding ortho intramolecular Hbond substituents is 1. The van der Waals surface area contributed by atoms with Gasteiger partial charge >= 0.3 is 12.1 Å². The molecule has 1 aromatic rings. The second-order valence-electron chi connectivity index (χ2n) is 6.95. The number of amides is 1. The molecule has 1 unspecified atom stereocenters. The Morgan fingerprint density at radius 2 is 1.96 bits per heavy atom. The van der Waals surface area contributed by atoms with Crippen molar-refractivity contribution in [3.05, 3.63) is 28.8 Å². The predicted molar refractivity (Wildman–Crippen MR) is 99.7 cm³/mol. The number of nitrogens with one attached hydrogen (secondary N) is 2. The molecule has 0 saturated heterocycles. The number of aromatic hydroxyl groups is 1. The molecule has 0 aromatic heterocycles. The van der Waals surface area contributed by atoms with Gasteiger partial charge in [-0.05, 0) is 76.9 Å². The van der Waals surface area contributed by atoms with E-state index in [4.69, 9.17) is 16.3 Å². The average Bonchev–Trinajstić information content (AvgIpc) is 2.50. The van der Waals surface area contributed by atoms with Crippen molar-refractivity contribution in [1.29, 1.82) is 0 Å². The number of hydrogen-bond acceptors (Lipinski definition) is 5. The normalized spacial score (nSPS) is 12.5. The van der Waals surface area contributed by atoms with Crippen LogP contribution in [-0.4, -0.2) is 47.0 Å². The SMILES string of the molecule is CC(C)(C)OC(=O)NC(CCNCCCc1cc(Cl)ccc1O)C(=O)O. The third-order valence-electron chi connectivity index (χ3n) is 3.44. The molecule has 0 aliphatic carbocycles. The van der Waals surface area contributed by atoms with Crippen LogP contribution in [0.25, 0.3) is 0 Å². The second-order valence-corrected chi connectivity index (χ2v) is 7.39. The molecule has 4 N–H and O–H groups in total. The van der Waals surface area contributed by atoms with Gasteiger partial charge in [-0.3, -0.25) is 0 Å². The van der Waals surface area contributed by atoms with E-state index in [1.807, 2.05) is 0 Å². The molecule has 7 nitrogen and oxygen atoms in total. The van der Waals surface area contributed by atoms with Gasteiger partial charge in [0.1, 0.15) is 17.4 Å². The number of ether oxygens (including phenoxy) is 1. The van der Waals surface area contributed by atoms with E-state index in [1.54, 1.807) is 39.0 Å². The van der Waals surface area contributed by atoms with Crippen molar-refractivity contribution in [3.63, 3.8) is 0 Å². The maximum atomic E-state index is 11.7. The first-order valence-electron chi connectivity index (χ1n) is 8.49. The summed E-state index contributed by atoms with van der Waals surface area (Å²) in [7, 11) is 0. The highest BCUT2D eigenvalue weighted by Crippen LogP contribution is 2.22. The van der Waals surface area contributed by atoms with E-state index in [1.165, 1.54) is 0 Å². The maximum absolute atomic E-state index is 11.7. The van der Waals surface area contributed by atoms with Gasteiger partial charge in [-0.25, -0.2) is 9.59 Å². The van der Waals surface area contributed by atoms with Crippen LogP contribution in [0.2, 0.25) is 5.02 Å². The first-order chi connectivity index (χ1) is 12.1. The zero-order chi connectivity index (χ0) is 19.7. The number of aliphatic carboxylic acids is 1. The van der Waals surface area contributed by atoms with E-state index in [2.05, 4.69) is 10.6 Å². The van der Waals surface area contributed by atoms with Crippen molar-refractivity contribution < 1.29 is 24.5 Å². The molecule has 0 bridgehead atoms. The third-order valence-corrected chi connectivity index (χ3v) is 3.68. The lowest BCUT2D eigenvalue weighted by Gasteiger charge is -2.22. The summed E-state index contributed by atoms with van der Waals surface area (Å²) in [6, 6.07) is 3.89. The molecule has 1 aromatic carbocycles. The number of rotatable bonds is 9. The summed E-state index contributed by atoms with van der Waals surface area (Å²) in [6.07, 6.45) is 0.890. The van der Waals surface area contributed by atoms with Crippen LogP contribution in [0, 0.1) is 0 Å². The first kappa shape index (κ1) is 22.1. The van der Waals surface area contributed by atoms with Gasteiger partial charge in [0.15, 0.2) is 0 Å². The number of carboxylic acids is 1. The highest BCUT2D eigenvalue weighted by atomic mass is 35.5. The molecule has 0 aliphatic rings. The second kappa shape index (κ2) is 10.2. The van der Waals surface area contributed by atoms with Crippen LogP contribution in [0.3, 0.4) is 0 Å². The molecule has 8 heteroatoms. The molecule has 0 aliphatic heterocycles. The summed E-state index contributed by atoms with van der Waals surface area (Å²) < 4.78 is 5.06. The van der Waals surface area contributed by atoms with E-state index < -0.39 is 23.7 Å². The Morgan fingerprint density at radius 3 is 2.58 bits per heavy atom. The van der Waals surface area contributed by atoms with E-state index in [-0.39, 0.29) is 12.2 Å². The van der Waals surface area contributed by atoms with E-state index in [0.717, 1.165) is 12.0 Å². The molecular formula is C18H27ClN2O5. The Balaban J connectivity index is 2.30. The average molecular weight is 387 g/mol. The molecule has 1 rings (SSSR count). The molecule has 26 heavy (non-hydrogen) atoms. The number of benzene rings is 1. The number of carboxylic acid groups (broad SMARTS) is 1. The summed E-state index contributed by atoms with van der Waals surface area (Å²) in [5.41, 5.74) is 0.0893. The van der Waals surface area contributed by atoms with Gasteiger partial charge in [0, 0.05) is 5.02 Å². The summed E-state index contributed by atoms with van der Waals surface area (Å²) in [5, 5.41) is 25.0. The van der Waals surface area contributed by atoms with Crippen LogP contribution in [0.1, 0.15) is 39.2 Å². The Bertz CT molecular complexity index is 616. The van der Waals surface area contributed by atoms with E-state index >= 15 is 0 Å². The fourth-order valence-electron chi connectivity index (χ4n) is 2.24. The van der Waals surface area contributed by atoms with Crippen LogP contribution in [0.5, 0.6) is 5.75 Å². The minimum atomic E-state index is -1.11. The molecule has 146 valence electrons. The number of alkyl carbamates (subject to hydrolysis) is 1. The minimum absolute atomic E-state index is 0.210. The largest absolute Gasteiger partial charge is 0.508 e. The van der Waals surface area contributed by atoms with Crippen LogP contribution in [0.4, 0.5) is 4.79 Å². The van der Waals surface area contributed by atoms with Gasteiger partial charge < -0.3 is 25.6 Å². The summed E-state index contributed by atoms with van der Waals surface area (Å²) in [6.45, 7) is 6.20. The lowest BCUT2D eigenvalue weighted by atomic mass is 10.1. The molecule has 0 spiro atoms. The highest BCUT2D eigenvalue weighted by Gasteiger charge is 2.23. The summed E-state index contributed by atoms with van der Waals surface area (Å²) >= 11 is 5.90. The molecule has 0 saturated carbocycles. The van der Waals surface area contributed by atoms with Gasteiger partial charge in [-0.1, -0.05) is 11.6 Å². The van der Waals surface area contributed by atoms with Gasteiger partial charge in [-0.15, -0.1) is 0 Å². The quantitative estimate of drug-likeness (QED) is 0.486. The third kappa shape index (κ3) is 8.92. The summed E-state index contributed by atoms with van der Waals surface area (Å²) in [5.74, 6) is -0.900. The Kier molecular flexibility index (Phi) is 8.68. The van der Waals surface area contributed by atoms with Gasteiger partial charge in [0.2, 0.25) is 0 Å². The molecule has 0 radical (unpaired) electrons. The monoisotopic (exact) mass is 386 g/mol. The van der Waals surface area contributed by atoms with Crippen LogP contribution >= 0.6 is 11.6 Å². The number of carbonyl (C=O) groups is 2. The maximum Gasteiger partial charge on any atom is 0.408 e. The van der Waals surface area contributed by atoms with Crippen LogP contribution in [0.15, 0.2) is 18.2 Å². The van der Waals surface area contributed by atoms with Crippen molar-refractivity contribution in [2.45, 2.75) is 51.7 Å². The first-order valence-corrected chi connectivity index (χ1v) is 8.86. The molecule has 0 heterocycles. The van der Waals surface area contributed by atoms with Crippen molar-refractivity contribution in [2.75, 3.05) is 13.1 Å². The fraction of sp³-hybridized carbons (Fsp3) is 0.556. The number of aryl methyl sites for hydroxylation is 1. The van der Waals surface area contributed by atoms with Crippen LogP contribution in [-0.2, 0) is 16.0 Å². The highest BCUT2D eigenvalue weighted by molar-refractivity contribution is 6.30. The number of hydrogen-bond donors (Lipinski definition) is 4. The van der Waals surface area contributed by atoms with Gasteiger partial charge in [0.05, 0.1) is 0 Å². The summed E-state index contributed by atoms with van der Waals surface area (Å²) in [4.78, 5) is 22.9. The van der Waals surface area contributed by atoms with Crippen molar-refractivity contribution in [3.8, 4) is 5.75 Å². The number of phenols is 1. The minimum Gasteiger partial charge on any atom is -0.508 e. The zero-order valence-corrected chi connectivity index (χ0v) is 16.1. The Morgan fingerprint density at radius 1 is 1.27 bits per heavy atom. The van der Waals surface area contributed by atoms with Gasteiger partial charge in [-0.2, -0.15) is 0 Å². The molecule has 1 amide bonds. The lowest BCUT2D eigenvalue weighted by molar-refractivity contribution is -0.139. The standard InChI is InChI=1S/C18H27ClN2O5/c1-18(2,3)26-17(25)21-14(16(23)24)8-10-20-9-4-5-12-11-13(19)6-7-15(12)22/h6-7,11,14,20,22H,4-5,8-10H2,1-3H3,(H,21,25)(H,23,24). The van der Waals surface area contributed by atoms with Crippen LogP contribution < -0.4 is 10.6 Å². The van der Waals surface area contributed by atoms with Crippen molar-refractivity contribution in [2.24, 2.45) is 0 Å². The molecule has 0 fully saturated rings. The number of carbonyl (C=O) groups excluding carboxylic acids is 1. The van der Waals surface area contributed by atoms with Gasteiger partial charge in [0.25, 0.3) is 0 Å².